The first-order chi connectivity index (χ1) is 13.3. The Labute approximate surface area is 164 Å². The van der Waals surface area contributed by atoms with Crippen LogP contribution in [0.1, 0.15) is 32.3 Å². The molecule has 148 valence electrons. The first-order valence-corrected chi connectivity index (χ1v) is 9.18. The van der Waals surface area contributed by atoms with Crippen molar-refractivity contribution in [1.82, 2.24) is 4.98 Å². The van der Waals surface area contributed by atoms with E-state index in [4.69, 9.17) is 5.73 Å². The van der Waals surface area contributed by atoms with Gasteiger partial charge in [-0.1, -0.05) is 32.0 Å². The van der Waals surface area contributed by atoms with Crippen molar-refractivity contribution >= 4 is 29.2 Å². The highest BCUT2D eigenvalue weighted by atomic mass is 16.2. The molecule has 0 spiro atoms. The van der Waals surface area contributed by atoms with Crippen LogP contribution < -0.4 is 16.0 Å². The minimum atomic E-state index is -0.798. The maximum absolute atomic E-state index is 13.0. The predicted octanol–water partition coefficient (Wildman–Crippen LogP) is 2.65. The second kappa shape index (κ2) is 9.64. The number of nitrogens with zero attached hydrogens (tertiary/aromatic N) is 2. The lowest BCUT2D eigenvalue weighted by molar-refractivity contribution is -0.126. The largest absolute Gasteiger partial charge is 0.368 e. The molecule has 7 heteroatoms. The van der Waals surface area contributed by atoms with Crippen molar-refractivity contribution in [2.45, 2.75) is 39.7 Å². The molecule has 3 N–H and O–H groups in total. The van der Waals surface area contributed by atoms with E-state index < -0.39 is 11.9 Å². The van der Waals surface area contributed by atoms with Gasteiger partial charge in [0.2, 0.25) is 17.7 Å². The maximum atomic E-state index is 13.0. The van der Waals surface area contributed by atoms with Crippen LogP contribution in [0.5, 0.6) is 0 Å². The third-order valence-corrected chi connectivity index (χ3v) is 4.25. The Kier molecular flexibility index (Phi) is 7.26. The van der Waals surface area contributed by atoms with Gasteiger partial charge in [-0.25, -0.2) is 4.98 Å². The van der Waals surface area contributed by atoms with Crippen LogP contribution in [-0.4, -0.2) is 28.7 Å². The van der Waals surface area contributed by atoms with E-state index in [0.717, 1.165) is 5.56 Å². The molecule has 0 saturated carbocycles. The lowest BCUT2D eigenvalue weighted by atomic mass is 9.99. The van der Waals surface area contributed by atoms with Gasteiger partial charge in [0.1, 0.15) is 11.9 Å². The lowest BCUT2D eigenvalue weighted by Crippen LogP contribution is -2.51. The van der Waals surface area contributed by atoms with Crippen molar-refractivity contribution in [1.29, 1.82) is 0 Å². The summed E-state index contributed by atoms with van der Waals surface area (Å²) in [5.41, 5.74) is 7.13. The Morgan fingerprint density at radius 1 is 1.11 bits per heavy atom. The molecule has 1 aromatic carbocycles. The average Bonchev–Trinajstić information content (AvgIpc) is 2.64. The van der Waals surface area contributed by atoms with E-state index in [0.29, 0.717) is 11.5 Å². The van der Waals surface area contributed by atoms with Gasteiger partial charge in [0.05, 0.1) is 0 Å². The number of hydrogen-bond acceptors (Lipinski definition) is 4. The number of nitrogens with one attached hydrogen (secondary N) is 1. The normalized spacial score (nSPS) is 11.7. The number of benzene rings is 1. The number of amides is 3. The molecule has 1 unspecified atom stereocenters. The van der Waals surface area contributed by atoms with Crippen LogP contribution in [0.3, 0.4) is 0 Å². The zero-order valence-electron chi connectivity index (χ0n) is 16.4. The average molecular weight is 382 g/mol. The first kappa shape index (κ1) is 21.1. The van der Waals surface area contributed by atoms with E-state index >= 15 is 0 Å². The first-order valence-electron chi connectivity index (χ1n) is 9.18. The van der Waals surface area contributed by atoms with Gasteiger partial charge in [0.15, 0.2) is 0 Å². The van der Waals surface area contributed by atoms with E-state index in [2.05, 4.69) is 10.3 Å². The Balaban J connectivity index is 2.17. The van der Waals surface area contributed by atoms with Gasteiger partial charge < -0.3 is 11.1 Å². The number of carbonyl (C=O) groups excluding carboxylic acids is 3. The molecule has 1 aromatic heterocycles. The van der Waals surface area contributed by atoms with E-state index in [-0.39, 0.29) is 30.6 Å². The molecule has 2 rings (SSSR count). The summed E-state index contributed by atoms with van der Waals surface area (Å²) in [7, 11) is 0. The number of pyridine rings is 1. The van der Waals surface area contributed by atoms with Gasteiger partial charge in [-0.15, -0.1) is 0 Å². The molecule has 7 nitrogen and oxygen atoms in total. The van der Waals surface area contributed by atoms with Crippen LogP contribution in [-0.2, 0) is 14.4 Å². The summed E-state index contributed by atoms with van der Waals surface area (Å²) in [6.45, 7) is 5.57. The maximum Gasteiger partial charge on any atom is 0.240 e. The molecule has 0 radical (unpaired) electrons. The number of aromatic nitrogens is 1. The van der Waals surface area contributed by atoms with Gasteiger partial charge in [-0.2, -0.15) is 0 Å². The van der Waals surface area contributed by atoms with Gasteiger partial charge in [-0.3, -0.25) is 19.3 Å². The fourth-order valence-electron chi connectivity index (χ4n) is 2.97. The Morgan fingerprint density at radius 3 is 2.43 bits per heavy atom. The lowest BCUT2D eigenvalue weighted by Gasteiger charge is -2.32. The van der Waals surface area contributed by atoms with Crippen LogP contribution in [0.25, 0.3) is 0 Å². The molecule has 2 aromatic rings. The van der Waals surface area contributed by atoms with E-state index in [1.807, 2.05) is 39.0 Å². The minimum absolute atomic E-state index is 0.0265. The summed E-state index contributed by atoms with van der Waals surface area (Å²) in [5, 5.41) is 2.65. The highest BCUT2D eigenvalue weighted by Crippen LogP contribution is 2.24. The molecule has 0 bridgehead atoms. The van der Waals surface area contributed by atoms with Crippen LogP contribution in [0.15, 0.2) is 48.7 Å². The van der Waals surface area contributed by atoms with Crippen molar-refractivity contribution in [3.05, 3.63) is 54.2 Å². The van der Waals surface area contributed by atoms with Crippen molar-refractivity contribution in [2.75, 3.05) is 10.2 Å². The predicted molar refractivity (Wildman–Crippen MR) is 109 cm³/mol. The molecule has 0 aliphatic rings. The van der Waals surface area contributed by atoms with E-state index in [1.165, 1.54) is 4.90 Å². The summed E-state index contributed by atoms with van der Waals surface area (Å²) in [6.07, 6.45) is 1.49. The molecule has 28 heavy (non-hydrogen) atoms. The molecule has 3 amide bonds. The second-order valence-electron chi connectivity index (χ2n) is 6.96. The highest BCUT2D eigenvalue weighted by Gasteiger charge is 2.32. The molecule has 0 aliphatic heterocycles. The highest BCUT2D eigenvalue weighted by molar-refractivity contribution is 6.02. The van der Waals surface area contributed by atoms with Crippen LogP contribution >= 0.6 is 0 Å². The molecule has 0 fully saturated rings. The second-order valence-corrected chi connectivity index (χ2v) is 6.96. The van der Waals surface area contributed by atoms with Crippen molar-refractivity contribution in [3.8, 4) is 0 Å². The van der Waals surface area contributed by atoms with Crippen molar-refractivity contribution in [2.24, 2.45) is 11.7 Å². The van der Waals surface area contributed by atoms with Crippen LogP contribution in [0.2, 0.25) is 0 Å². The molecule has 0 saturated heterocycles. The standard InChI is InChI=1S/C21H26N4O3/c1-14(2)20(21(22)28)25(16-8-6-7-15(3)13-16)19(27)11-10-18(26)24-17-9-4-5-12-23-17/h4-9,12-14,20H,10-11H2,1-3H3,(H2,22,28)(H,23,24,26). The molecule has 1 atom stereocenters. The van der Waals surface area contributed by atoms with Crippen molar-refractivity contribution < 1.29 is 14.4 Å². The number of carbonyl (C=O) groups is 3. The number of primary amides is 1. The Hall–Kier alpha value is -3.22. The summed E-state index contributed by atoms with van der Waals surface area (Å²) in [5.74, 6) is -0.990. The monoisotopic (exact) mass is 382 g/mol. The third-order valence-electron chi connectivity index (χ3n) is 4.25. The van der Waals surface area contributed by atoms with Gasteiger partial charge in [0.25, 0.3) is 0 Å². The third kappa shape index (κ3) is 5.64. The topological polar surface area (TPSA) is 105 Å². The zero-order chi connectivity index (χ0) is 20.7. The smallest absolute Gasteiger partial charge is 0.240 e. The van der Waals surface area contributed by atoms with Crippen LogP contribution in [0, 0.1) is 12.8 Å². The minimum Gasteiger partial charge on any atom is -0.368 e. The van der Waals surface area contributed by atoms with Crippen LogP contribution in [0.4, 0.5) is 11.5 Å². The van der Waals surface area contributed by atoms with Gasteiger partial charge >= 0.3 is 0 Å². The van der Waals surface area contributed by atoms with Crippen molar-refractivity contribution in [3.63, 3.8) is 0 Å². The zero-order valence-corrected chi connectivity index (χ0v) is 16.4. The number of nitrogens with two attached hydrogens (primary N) is 1. The molecular weight excluding hydrogens is 356 g/mol. The molecule has 1 heterocycles. The number of anilines is 2. The summed E-state index contributed by atoms with van der Waals surface area (Å²) in [6, 6.07) is 11.7. The quantitative estimate of drug-likeness (QED) is 0.732. The fourth-order valence-corrected chi connectivity index (χ4v) is 2.97. The SMILES string of the molecule is Cc1cccc(N(C(=O)CCC(=O)Nc2ccccn2)C(C(N)=O)C(C)C)c1. The fraction of sp³-hybridized carbons (Fsp3) is 0.333. The van der Waals surface area contributed by atoms with Gasteiger partial charge in [-0.05, 0) is 42.7 Å². The van der Waals surface area contributed by atoms with E-state index in [1.54, 1.807) is 30.5 Å². The molecular formula is C21H26N4O3. The van der Waals surface area contributed by atoms with E-state index in [9.17, 15) is 14.4 Å². The summed E-state index contributed by atoms with van der Waals surface area (Å²) >= 11 is 0. The number of aryl methyl sites for hydroxylation is 1. The Morgan fingerprint density at radius 2 is 1.86 bits per heavy atom. The number of hydrogen-bond donors (Lipinski definition) is 2. The van der Waals surface area contributed by atoms with Gasteiger partial charge in [0, 0.05) is 24.7 Å². The Bertz CT molecular complexity index is 837. The summed E-state index contributed by atoms with van der Waals surface area (Å²) in [4.78, 5) is 42.6. The summed E-state index contributed by atoms with van der Waals surface area (Å²) < 4.78 is 0. The number of rotatable bonds is 8. The molecule has 0 aliphatic carbocycles.